The molecular formula is C19H20FN3S. The van der Waals surface area contributed by atoms with E-state index < -0.39 is 0 Å². The summed E-state index contributed by atoms with van der Waals surface area (Å²) in [4.78, 5) is 3.50. The molecule has 0 spiro atoms. The number of rotatable bonds is 3. The van der Waals surface area contributed by atoms with Gasteiger partial charge in [-0.25, -0.2) is 4.39 Å². The fourth-order valence-corrected chi connectivity index (χ4v) is 4.10. The fourth-order valence-electron chi connectivity index (χ4n) is 3.43. The summed E-state index contributed by atoms with van der Waals surface area (Å²) in [6, 6.07) is 13.1. The molecule has 1 aliphatic heterocycles. The summed E-state index contributed by atoms with van der Waals surface area (Å²) in [5.41, 5.74) is 4.94. The number of benzene rings is 2. The SMILES string of the molecule is CN1CCc2c(c3cc(SNc4cccc(F)c4)ccc3n2C)C1. The van der Waals surface area contributed by atoms with Crippen LogP contribution in [-0.4, -0.2) is 23.1 Å². The van der Waals surface area contributed by atoms with E-state index in [1.54, 1.807) is 6.07 Å². The molecule has 124 valence electrons. The number of hydrogen-bond donors (Lipinski definition) is 1. The number of aryl methyl sites for hydroxylation is 1. The van der Waals surface area contributed by atoms with E-state index in [1.165, 1.54) is 46.2 Å². The van der Waals surface area contributed by atoms with Gasteiger partial charge in [-0.2, -0.15) is 0 Å². The van der Waals surface area contributed by atoms with Crippen LogP contribution in [0.3, 0.4) is 0 Å². The Bertz CT molecular complexity index is 903. The van der Waals surface area contributed by atoms with E-state index in [0.717, 1.165) is 30.1 Å². The molecule has 4 rings (SSSR count). The zero-order valence-corrected chi connectivity index (χ0v) is 14.7. The summed E-state index contributed by atoms with van der Waals surface area (Å²) in [6.45, 7) is 2.11. The van der Waals surface area contributed by atoms with Crippen LogP contribution in [-0.2, 0) is 20.0 Å². The lowest BCUT2D eigenvalue weighted by Crippen LogP contribution is -2.26. The lowest BCUT2D eigenvalue weighted by Gasteiger charge is -2.23. The molecule has 1 N–H and O–H groups in total. The Balaban J connectivity index is 1.64. The van der Waals surface area contributed by atoms with Crippen LogP contribution in [0.2, 0.25) is 0 Å². The van der Waals surface area contributed by atoms with E-state index in [4.69, 9.17) is 0 Å². The van der Waals surface area contributed by atoms with Crippen molar-refractivity contribution in [3.05, 3.63) is 59.5 Å². The molecule has 0 radical (unpaired) electrons. The average molecular weight is 341 g/mol. The molecule has 0 saturated heterocycles. The van der Waals surface area contributed by atoms with Crippen molar-refractivity contribution in [1.29, 1.82) is 0 Å². The van der Waals surface area contributed by atoms with Gasteiger partial charge in [-0.15, -0.1) is 0 Å². The maximum atomic E-state index is 13.3. The van der Waals surface area contributed by atoms with Crippen LogP contribution in [0.4, 0.5) is 10.1 Å². The molecule has 0 unspecified atom stereocenters. The molecule has 1 aromatic heterocycles. The van der Waals surface area contributed by atoms with Gasteiger partial charge in [0.1, 0.15) is 5.82 Å². The third-order valence-corrected chi connectivity index (χ3v) is 5.50. The molecule has 0 fully saturated rings. The largest absolute Gasteiger partial charge is 0.347 e. The molecule has 3 aromatic rings. The topological polar surface area (TPSA) is 20.2 Å². The minimum absolute atomic E-state index is 0.226. The van der Waals surface area contributed by atoms with Gasteiger partial charge in [0, 0.05) is 53.7 Å². The van der Waals surface area contributed by atoms with E-state index in [2.05, 4.69) is 46.5 Å². The summed E-state index contributed by atoms with van der Waals surface area (Å²) in [5.74, 6) is -0.226. The third-order valence-electron chi connectivity index (χ3n) is 4.68. The number of hydrogen-bond acceptors (Lipinski definition) is 3. The van der Waals surface area contributed by atoms with Crippen LogP contribution in [0.25, 0.3) is 10.9 Å². The van der Waals surface area contributed by atoms with Crippen LogP contribution >= 0.6 is 11.9 Å². The summed E-state index contributed by atoms with van der Waals surface area (Å²) in [5, 5.41) is 1.32. The number of nitrogens with one attached hydrogen (secondary N) is 1. The highest BCUT2D eigenvalue weighted by Gasteiger charge is 2.20. The van der Waals surface area contributed by atoms with Crippen LogP contribution in [0, 0.1) is 5.82 Å². The smallest absolute Gasteiger partial charge is 0.125 e. The molecule has 5 heteroatoms. The van der Waals surface area contributed by atoms with Crippen molar-refractivity contribution < 1.29 is 4.39 Å². The molecule has 2 aromatic carbocycles. The Morgan fingerprint density at radius 3 is 2.83 bits per heavy atom. The van der Waals surface area contributed by atoms with Crippen LogP contribution in [0.1, 0.15) is 11.3 Å². The Labute approximate surface area is 145 Å². The quantitative estimate of drug-likeness (QED) is 0.712. The van der Waals surface area contributed by atoms with E-state index >= 15 is 0 Å². The van der Waals surface area contributed by atoms with Gasteiger partial charge in [-0.3, -0.25) is 0 Å². The summed E-state index contributed by atoms with van der Waals surface area (Å²) in [6.07, 6.45) is 1.10. The van der Waals surface area contributed by atoms with Crippen molar-refractivity contribution in [2.75, 3.05) is 18.3 Å². The maximum absolute atomic E-state index is 13.3. The van der Waals surface area contributed by atoms with Crippen LogP contribution in [0.5, 0.6) is 0 Å². The Hall–Kier alpha value is -1.98. The first kappa shape index (κ1) is 15.5. The van der Waals surface area contributed by atoms with E-state index in [0.29, 0.717) is 0 Å². The number of fused-ring (bicyclic) bond motifs is 3. The summed E-state index contributed by atoms with van der Waals surface area (Å²) < 4.78 is 18.8. The molecule has 1 aliphatic rings. The van der Waals surface area contributed by atoms with Crippen LogP contribution in [0.15, 0.2) is 47.4 Å². The molecule has 0 saturated carbocycles. The Kier molecular flexibility index (Phi) is 3.98. The van der Waals surface area contributed by atoms with Gasteiger partial charge < -0.3 is 14.2 Å². The van der Waals surface area contributed by atoms with Crippen LogP contribution < -0.4 is 4.72 Å². The number of likely N-dealkylation sites (N-methyl/N-ethyl adjacent to an activating group) is 1. The second-order valence-electron chi connectivity index (χ2n) is 6.37. The predicted molar refractivity (Wildman–Crippen MR) is 98.8 cm³/mol. The zero-order valence-electron chi connectivity index (χ0n) is 13.8. The molecule has 0 amide bonds. The zero-order chi connectivity index (χ0) is 16.7. The van der Waals surface area contributed by atoms with Gasteiger partial charge in [-0.05, 0) is 61.0 Å². The van der Waals surface area contributed by atoms with Gasteiger partial charge >= 0.3 is 0 Å². The van der Waals surface area contributed by atoms with Crippen molar-refractivity contribution >= 4 is 28.5 Å². The highest BCUT2D eigenvalue weighted by Crippen LogP contribution is 2.33. The normalized spacial score (nSPS) is 14.8. The lowest BCUT2D eigenvalue weighted by atomic mass is 10.1. The number of anilines is 1. The highest BCUT2D eigenvalue weighted by molar-refractivity contribution is 8.00. The second-order valence-corrected chi connectivity index (χ2v) is 7.25. The lowest BCUT2D eigenvalue weighted by molar-refractivity contribution is 0.310. The molecule has 2 heterocycles. The fraction of sp³-hybridized carbons (Fsp3) is 0.263. The maximum Gasteiger partial charge on any atom is 0.125 e. The molecular weight excluding hydrogens is 321 g/mol. The van der Waals surface area contributed by atoms with E-state index in [9.17, 15) is 4.39 Å². The molecule has 0 atom stereocenters. The monoisotopic (exact) mass is 341 g/mol. The number of aromatic nitrogens is 1. The van der Waals surface area contributed by atoms with Gasteiger partial charge in [0.2, 0.25) is 0 Å². The second kappa shape index (κ2) is 6.15. The van der Waals surface area contributed by atoms with Gasteiger partial charge in [0.15, 0.2) is 0 Å². The summed E-state index contributed by atoms with van der Waals surface area (Å²) >= 11 is 1.52. The molecule has 0 bridgehead atoms. The first-order chi connectivity index (χ1) is 11.6. The highest BCUT2D eigenvalue weighted by atomic mass is 32.2. The summed E-state index contributed by atoms with van der Waals surface area (Å²) in [7, 11) is 4.33. The number of halogens is 1. The first-order valence-electron chi connectivity index (χ1n) is 8.09. The third kappa shape index (κ3) is 2.78. The van der Waals surface area contributed by atoms with Crippen molar-refractivity contribution in [3.63, 3.8) is 0 Å². The molecule has 3 nitrogen and oxygen atoms in total. The minimum atomic E-state index is -0.226. The van der Waals surface area contributed by atoms with Crippen molar-refractivity contribution in [3.8, 4) is 0 Å². The first-order valence-corrected chi connectivity index (χ1v) is 8.90. The van der Waals surface area contributed by atoms with Crippen molar-refractivity contribution in [2.24, 2.45) is 7.05 Å². The van der Waals surface area contributed by atoms with E-state index in [1.807, 2.05) is 6.07 Å². The van der Waals surface area contributed by atoms with Crippen molar-refractivity contribution in [1.82, 2.24) is 9.47 Å². The number of nitrogens with zero attached hydrogens (tertiary/aromatic N) is 2. The minimum Gasteiger partial charge on any atom is -0.347 e. The molecule has 24 heavy (non-hydrogen) atoms. The predicted octanol–water partition coefficient (Wildman–Crippen LogP) is 4.42. The Morgan fingerprint density at radius 2 is 2.00 bits per heavy atom. The van der Waals surface area contributed by atoms with Crippen molar-refractivity contribution in [2.45, 2.75) is 17.9 Å². The Morgan fingerprint density at radius 1 is 1.12 bits per heavy atom. The van der Waals surface area contributed by atoms with Gasteiger partial charge in [0.25, 0.3) is 0 Å². The average Bonchev–Trinajstić information content (AvgIpc) is 2.85. The standard InChI is InChI=1S/C19H20FN3S/c1-22-9-8-19-17(12-22)16-11-15(6-7-18(16)23(19)2)24-21-14-5-3-4-13(20)10-14/h3-7,10-11,21H,8-9,12H2,1-2H3. The van der Waals surface area contributed by atoms with E-state index in [-0.39, 0.29) is 5.82 Å². The van der Waals surface area contributed by atoms with Gasteiger partial charge in [-0.1, -0.05) is 6.07 Å². The molecule has 0 aliphatic carbocycles. The van der Waals surface area contributed by atoms with Gasteiger partial charge in [0.05, 0.1) is 0 Å².